The first-order chi connectivity index (χ1) is 21.6. The first-order valence-corrected chi connectivity index (χ1v) is 15.2. The van der Waals surface area contributed by atoms with Crippen molar-refractivity contribution in [3.8, 4) is 28.7 Å². The maximum Gasteiger partial charge on any atom is 0.513 e. The van der Waals surface area contributed by atoms with Crippen molar-refractivity contribution in [3.05, 3.63) is 108 Å². The maximum absolute atomic E-state index is 13.9. The highest BCUT2D eigenvalue weighted by molar-refractivity contribution is 7.52. The number of amides is 1. The zero-order chi connectivity index (χ0) is 32.4. The molecule has 0 aliphatic rings. The van der Waals surface area contributed by atoms with Crippen LogP contribution in [0.25, 0.3) is 12.2 Å². The summed E-state index contributed by atoms with van der Waals surface area (Å²) in [5.74, 6) is 0.347. The van der Waals surface area contributed by atoms with E-state index in [1.165, 1.54) is 50.4 Å². The van der Waals surface area contributed by atoms with Crippen molar-refractivity contribution < 1.29 is 42.5 Å². The number of para-hydroxylation sites is 1. The lowest BCUT2D eigenvalue weighted by Gasteiger charge is -2.23. The molecular weight excluding hydrogens is 599 g/mol. The van der Waals surface area contributed by atoms with Gasteiger partial charge in [-0.05, 0) is 78.7 Å². The number of hydrogen-bond donors (Lipinski definition) is 3. The number of phenols is 1. The van der Waals surface area contributed by atoms with E-state index in [1.54, 1.807) is 56.7 Å². The molecule has 12 heteroatoms. The molecule has 4 aromatic carbocycles. The molecule has 11 nitrogen and oxygen atoms in total. The van der Waals surface area contributed by atoms with E-state index in [2.05, 4.69) is 10.4 Å². The van der Waals surface area contributed by atoms with Gasteiger partial charge < -0.3 is 33.7 Å². The molecule has 0 bridgehead atoms. The third kappa shape index (κ3) is 9.12. The third-order valence-corrected chi connectivity index (χ3v) is 7.95. The summed E-state index contributed by atoms with van der Waals surface area (Å²) in [4.78, 5) is 24.6. The Morgan fingerprint density at radius 2 is 1.31 bits per heavy atom. The normalized spacial score (nSPS) is 12.9. The summed E-state index contributed by atoms with van der Waals surface area (Å²) in [6.07, 6.45) is 3.77. The predicted octanol–water partition coefficient (Wildman–Crippen LogP) is 6.55. The lowest BCUT2D eigenvalue weighted by atomic mass is 10.1. The molecule has 1 unspecified atom stereocenters. The van der Waals surface area contributed by atoms with E-state index in [0.717, 1.165) is 11.1 Å². The number of esters is 1. The molecule has 0 saturated carbocycles. The van der Waals surface area contributed by atoms with Crippen molar-refractivity contribution in [1.82, 2.24) is 5.09 Å². The van der Waals surface area contributed by atoms with Crippen LogP contribution in [0.2, 0.25) is 0 Å². The quantitative estimate of drug-likeness (QED) is 0.0844. The second-order valence-electron chi connectivity index (χ2n) is 9.60. The Balaban J connectivity index is 1.48. The van der Waals surface area contributed by atoms with Crippen LogP contribution in [0.4, 0.5) is 5.69 Å². The van der Waals surface area contributed by atoms with E-state index in [9.17, 15) is 19.3 Å². The number of anilines is 1. The van der Waals surface area contributed by atoms with Gasteiger partial charge in [0.25, 0.3) is 5.91 Å². The molecule has 1 amide bonds. The molecule has 45 heavy (non-hydrogen) atoms. The van der Waals surface area contributed by atoms with Crippen LogP contribution in [-0.2, 0) is 14.1 Å². The fourth-order valence-corrected chi connectivity index (χ4v) is 5.56. The lowest BCUT2D eigenvalue weighted by molar-refractivity contribution is -0.142. The van der Waals surface area contributed by atoms with Gasteiger partial charge in [-0.25, -0.2) is 4.57 Å². The third-order valence-electron chi connectivity index (χ3n) is 6.34. The monoisotopic (exact) mass is 632 g/mol. The van der Waals surface area contributed by atoms with Crippen LogP contribution < -0.4 is 28.9 Å². The summed E-state index contributed by atoms with van der Waals surface area (Å²) >= 11 is 0. The topological polar surface area (TPSA) is 142 Å². The molecule has 3 N–H and O–H groups in total. The summed E-state index contributed by atoms with van der Waals surface area (Å²) in [6, 6.07) is 23.4. The summed E-state index contributed by atoms with van der Waals surface area (Å²) < 4.78 is 40.8. The minimum atomic E-state index is -4.20. The van der Waals surface area contributed by atoms with Crippen molar-refractivity contribution in [3.63, 3.8) is 0 Å². The number of rotatable bonds is 13. The first-order valence-electron chi connectivity index (χ1n) is 13.7. The molecule has 4 aromatic rings. The van der Waals surface area contributed by atoms with Gasteiger partial charge >= 0.3 is 13.7 Å². The molecule has 0 saturated heterocycles. The van der Waals surface area contributed by atoms with Gasteiger partial charge in [-0.2, -0.15) is 5.09 Å². The number of methoxy groups -OCH3 is 3. The van der Waals surface area contributed by atoms with Crippen LogP contribution in [0.15, 0.2) is 91.0 Å². The maximum atomic E-state index is 13.9. The van der Waals surface area contributed by atoms with Crippen LogP contribution in [-0.4, -0.2) is 44.4 Å². The van der Waals surface area contributed by atoms with Gasteiger partial charge in [-0.15, -0.1) is 0 Å². The Hall–Kier alpha value is -5.25. The van der Waals surface area contributed by atoms with Crippen molar-refractivity contribution in [1.29, 1.82) is 0 Å². The van der Waals surface area contributed by atoms with Gasteiger partial charge in [0.15, 0.2) is 0 Å². The van der Waals surface area contributed by atoms with Crippen molar-refractivity contribution in [2.24, 2.45) is 0 Å². The molecule has 4 rings (SSSR count). The number of phenolic OH excluding ortho intramolecular Hbond substituents is 1. The lowest BCUT2D eigenvalue weighted by Crippen LogP contribution is -2.35. The van der Waals surface area contributed by atoms with E-state index in [-0.39, 0.29) is 22.8 Å². The zero-order valence-electron chi connectivity index (χ0n) is 25.1. The summed E-state index contributed by atoms with van der Waals surface area (Å²) in [7, 11) is 0.179. The fourth-order valence-electron chi connectivity index (χ4n) is 4.04. The predicted molar refractivity (Wildman–Crippen MR) is 171 cm³/mol. The van der Waals surface area contributed by atoms with Gasteiger partial charge in [0.05, 0.1) is 26.9 Å². The number of hydrogen-bond acceptors (Lipinski definition) is 9. The van der Waals surface area contributed by atoms with E-state index in [4.69, 9.17) is 23.3 Å². The van der Waals surface area contributed by atoms with Crippen LogP contribution in [0.3, 0.4) is 0 Å². The van der Waals surface area contributed by atoms with Gasteiger partial charge in [-0.1, -0.05) is 36.4 Å². The van der Waals surface area contributed by atoms with Crippen LogP contribution in [0, 0.1) is 0 Å². The van der Waals surface area contributed by atoms with E-state index < -0.39 is 25.7 Å². The molecule has 0 aromatic heterocycles. The largest absolute Gasteiger partial charge is 0.513 e. The second-order valence-corrected chi connectivity index (χ2v) is 11.2. The number of ether oxygens (including phenoxy) is 3. The van der Waals surface area contributed by atoms with Crippen LogP contribution >= 0.6 is 7.75 Å². The van der Waals surface area contributed by atoms with Crippen molar-refractivity contribution >= 4 is 37.5 Å². The first kappa shape index (κ1) is 32.7. The van der Waals surface area contributed by atoms with Gasteiger partial charge in [0.1, 0.15) is 34.8 Å². The van der Waals surface area contributed by atoms with Crippen LogP contribution in [0.5, 0.6) is 28.7 Å². The Morgan fingerprint density at radius 1 is 0.756 bits per heavy atom. The minimum absolute atomic E-state index is 0.110. The Kier molecular flexibility index (Phi) is 10.9. The summed E-state index contributed by atoms with van der Waals surface area (Å²) in [6.45, 7) is 1.46. The average molecular weight is 633 g/mol. The number of carbonyl (C=O) groups excluding carboxylic acids is 2. The summed E-state index contributed by atoms with van der Waals surface area (Å²) in [5, 5.41) is 15.2. The van der Waals surface area contributed by atoms with Crippen molar-refractivity contribution in [2.45, 2.75) is 13.0 Å². The Bertz CT molecular complexity index is 1680. The SMILES string of the molecule is COC(=O)[C@H](C)NP(=O)(Oc1ccc(/C=C/c2cc(OC)cc(OC)c2)cc1)Oc1ccc(NC(=O)c2ccccc2O)cc1. The molecule has 2 atom stereocenters. The fraction of sp³-hybridized carbons (Fsp3) is 0.152. The highest BCUT2D eigenvalue weighted by Gasteiger charge is 2.33. The highest BCUT2D eigenvalue weighted by Crippen LogP contribution is 2.45. The smallest absolute Gasteiger partial charge is 0.507 e. The number of carbonyl (C=O) groups is 2. The molecular formula is C33H33N2O9P. The molecule has 0 spiro atoms. The molecule has 0 aliphatic carbocycles. The van der Waals surface area contributed by atoms with Gasteiger partial charge in [0, 0.05) is 11.8 Å². The van der Waals surface area contributed by atoms with Crippen LogP contribution in [0.1, 0.15) is 28.4 Å². The minimum Gasteiger partial charge on any atom is -0.507 e. The summed E-state index contributed by atoms with van der Waals surface area (Å²) in [5.41, 5.74) is 2.21. The van der Waals surface area contributed by atoms with E-state index >= 15 is 0 Å². The molecule has 234 valence electrons. The zero-order valence-corrected chi connectivity index (χ0v) is 25.9. The Morgan fingerprint density at radius 3 is 1.87 bits per heavy atom. The van der Waals surface area contributed by atoms with E-state index in [0.29, 0.717) is 17.2 Å². The second kappa shape index (κ2) is 15.0. The molecule has 0 radical (unpaired) electrons. The number of aromatic hydroxyl groups is 1. The van der Waals surface area contributed by atoms with Crippen molar-refractivity contribution in [2.75, 3.05) is 26.6 Å². The average Bonchev–Trinajstić information content (AvgIpc) is 3.04. The molecule has 0 heterocycles. The standard InChI is InChI=1S/C33H33N2O9P/c1-22(33(38)42-4)35-45(39,44-27-17-13-25(14-18-27)34-32(37)30-7-5-6-8-31(30)36)43-26-15-11-23(12-16-26)9-10-24-19-28(40-2)21-29(20-24)41-3/h5-22,36H,1-4H3,(H,34,37)(H,35,39)/b10-9+/t22-,45?/m0/s1. The highest BCUT2D eigenvalue weighted by atomic mass is 31.2. The molecule has 0 fully saturated rings. The number of benzene rings is 4. The van der Waals surface area contributed by atoms with Gasteiger partial charge in [0.2, 0.25) is 0 Å². The number of nitrogens with one attached hydrogen (secondary N) is 2. The van der Waals surface area contributed by atoms with Gasteiger partial charge in [-0.3, -0.25) is 9.59 Å². The molecule has 0 aliphatic heterocycles. The Labute approximate surface area is 261 Å². The van der Waals surface area contributed by atoms with E-state index in [1.807, 2.05) is 24.3 Å².